The van der Waals surface area contributed by atoms with Gasteiger partial charge in [0.05, 0.1) is 0 Å². The summed E-state index contributed by atoms with van der Waals surface area (Å²) in [6.45, 7) is 2.18. The zero-order chi connectivity index (χ0) is 19.4. The number of rotatable bonds is 7. The largest absolute Gasteiger partial charge is 0.207 e. The van der Waals surface area contributed by atoms with Crippen LogP contribution in [0.1, 0.15) is 73.6 Å². The molecule has 1 aliphatic rings. The van der Waals surface area contributed by atoms with Crippen LogP contribution in [0.25, 0.3) is 0 Å². The first-order chi connectivity index (χ1) is 13.0. The van der Waals surface area contributed by atoms with Gasteiger partial charge in [-0.05, 0) is 72.4 Å². The number of halogens is 4. The van der Waals surface area contributed by atoms with Gasteiger partial charge in [-0.1, -0.05) is 44.7 Å². The Kier molecular flexibility index (Phi) is 6.56. The molecule has 0 heterocycles. The Labute approximate surface area is 158 Å². The lowest BCUT2D eigenvalue weighted by atomic mass is 9.79. The van der Waals surface area contributed by atoms with Gasteiger partial charge in [0.2, 0.25) is 0 Å². The van der Waals surface area contributed by atoms with Crippen LogP contribution < -0.4 is 0 Å². The maximum atomic E-state index is 14.7. The highest BCUT2D eigenvalue weighted by molar-refractivity contribution is 5.37. The second kappa shape index (κ2) is 8.90. The molecule has 3 rings (SSSR count). The van der Waals surface area contributed by atoms with Gasteiger partial charge < -0.3 is 0 Å². The first kappa shape index (κ1) is 19.9. The van der Waals surface area contributed by atoms with Gasteiger partial charge in [-0.25, -0.2) is 17.6 Å². The van der Waals surface area contributed by atoms with Crippen molar-refractivity contribution in [3.63, 3.8) is 0 Å². The van der Waals surface area contributed by atoms with E-state index >= 15 is 0 Å². The van der Waals surface area contributed by atoms with E-state index in [4.69, 9.17) is 0 Å². The molecule has 0 N–H and O–H groups in total. The van der Waals surface area contributed by atoms with Crippen LogP contribution in [0, 0.1) is 23.3 Å². The van der Waals surface area contributed by atoms with Crippen molar-refractivity contribution in [1.82, 2.24) is 0 Å². The molecule has 1 aliphatic carbocycles. The third-order valence-corrected chi connectivity index (χ3v) is 5.64. The molecule has 27 heavy (non-hydrogen) atoms. The number of hydrogen-bond acceptors (Lipinski definition) is 0. The standard InChI is InChI=1S/C23H26F4/c1-2-3-4-5-6-7-15-8-10-18(20(24)12-15)16-9-11-19-17(13-16)14-21(25)23(27)22(19)26/h8,10,12,14,16H,2-7,9,11,13H2,1H3. The van der Waals surface area contributed by atoms with Crippen molar-refractivity contribution in [2.75, 3.05) is 0 Å². The maximum Gasteiger partial charge on any atom is 0.194 e. The molecule has 0 radical (unpaired) electrons. The Balaban J connectivity index is 1.69. The topological polar surface area (TPSA) is 0 Å². The molecular weight excluding hydrogens is 352 g/mol. The van der Waals surface area contributed by atoms with E-state index in [0.717, 1.165) is 30.9 Å². The van der Waals surface area contributed by atoms with Gasteiger partial charge in [0.1, 0.15) is 5.82 Å². The first-order valence-electron chi connectivity index (χ1n) is 9.94. The minimum absolute atomic E-state index is 0.139. The second-order valence-electron chi connectivity index (χ2n) is 7.58. The summed E-state index contributed by atoms with van der Waals surface area (Å²) in [7, 11) is 0. The summed E-state index contributed by atoms with van der Waals surface area (Å²) >= 11 is 0. The van der Waals surface area contributed by atoms with E-state index in [1.165, 1.54) is 19.3 Å². The lowest BCUT2D eigenvalue weighted by Crippen LogP contribution is -2.17. The first-order valence-corrected chi connectivity index (χ1v) is 9.94. The lowest BCUT2D eigenvalue weighted by molar-refractivity contribution is 0.427. The number of fused-ring (bicyclic) bond motifs is 1. The third kappa shape index (κ3) is 4.53. The van der Waals surface area contributed by atoms with Gasteiger partial charge in [-0.3, -0.25) is 0 Å². The molecule has 0 aromatic heterocycles. The van der Waals surface area contributed by atoms with Crippen LogP contribution in [0.4, 0.5) is 17.6 Å². The highest BCUT2D eigenvalue weighted by Gasteiger charge is 2.27. The average molecular weight is 378 g/mol. The van der Waals surface area contributed by atoms with Crippen LogP contribution in [0.15, 0.2) is 24.3 Å². The molecule has 2 aromatic rings. The van der Waals surface area contributed by atoms with Crippen molar-refractivity contribution in [2.45, 2.75) is 70.6 Å². The van der Waals surface area contributed by atoms with Crippen molar-refractivity contribution >= 4 is 0 Å². The predicted octanol–water partition coefficient (Wildman–Crippen LogP) is 7.03. The van der Waals surface area contributed by atoms with E-state index in [1.54, 1.807) is 6.07 Å². The quantitative estimate of drug-likeness (QED) is 0.276. The fraction of sp³-hybridized carbons (Fsp3) is 0.478. The molecule has 146 valence electrons. The number of benzene rings is 2. The van der Waals surface area contributed by atoms with Crippen molar-refractivity contribution < 1.29 is 17.6 Å². The molecule has 0 spiro atoms. The van der Waals surface area contributed by atoms with Gasteiger partial charge >= 0.3 is 0 Å². The van der Waals surface area contributed by atoms with E-state index in [1.807, 2.05) is 12.1 Å². The van der Waals surface area contributed by atoms with Gasteiger partial charge in [-0.2, -0.15) is 0 Å². The van der Waals surface area contributed by atoms with Crippen molar-refractivity contribution in [3.05, 3.63) is 69.8 Å². The Bertz CT molecular complexity index is 797. The summed E-state index contributed by atoms with van der Waals surface area (Å²) in [6.07, 6.45) is 7.89. The van der Waals surface area contributed by atoms with E-state index in [-0.39, 0.29) is 17.3 Å². The number of aryl methyl sites for hydroxylation is 1. The Morgan fingerprint density at radius 2 is 1.67 bits per heavy atom. The van der Waals surface area contributed by atoms with Gasteiger partial charge in [0, 0.05) is 0 Å². The second-order valence-corrected chi connectivity index (χ2v) is 7.58. The summed E-state index contributed by atoms with van der Waals surface area (Å²) in [4.78, 5) is 0. The maximum absolute atomic E-state index is 14.7. The van der Waals surface area contributed by atoms with Crippen LogP contribution in [-0.2, 0) is 19.3 Å². The SMILES string of the molecule is CCCCCCCc1ccc(C2CCc3c(cc(F)c(F)c3F)C2)c(F)c1. The summed E-state index contributed by atoms with van der Waals surface area (Å²) in [6, 6.07) is 6.42. The normalized spacial score (nSPS) is 16.4. The molecule has 2 aromatic carbocycles. The van der Waals surface area contributed by atoms with Crippen LogP contribution in [0.5, 0.6) is 0 Å². The smallest absolute Gasteiger partial charge is 0.194 e. The van der Waals surface area contributed by atoms with Gasteiger partial charge in [-0.15, -0.1) is 0 Å². The molecule has 0 amide bonds. The van der Waals surface area contributed by atoms with E-state index in [0.29, 0.717) is 30.4 Å². The highest BCUT2D eigenvalue weighted by Crippen LogP contribution is 2.36. The molecule has 0 aliphatic heterocycles. The highest BCUT2D eigenvalue weighted by atomic mass is 19.2. The van der Waals surface area contributed by atoms with Crippen molar-refractivity contribution in [3.8, 4) is 0 Å². The van der Waals surface area contributed by atoms with Crippen LogP contribution in [0.3, 0.4) is 0 Å². The van der Waals surface area contributed by atoms with E-state index in [2.05, 4.69) is 6.92 Å². The van der Waals surface area contributed by atoms with Gasteiger partial charge in [0.25, 0.3) is 0 Å². The number of unbranched alkanes of at least 4 members (excludes halogenated alkanes) is 4. The van der Waals surface area contributed by atoms with Crippen molar-refractivity contribution in [2.24, 2.45) is 0 Å². The zero-order valence-electron chi connectivity index (χ0n) is 15.8. The summed E-state index contributed by atoms with van der Waals surface area (Å²) in [5.74, 6) is -4.08. The van der Waals surface area contributed by atoms with Crippen molar-refractivity contribution in [1.29, 1.82) is 0 Å². The molecule has 0 saturated carbocycles. The fourth-order valence-corrected chi connectivity index (χ4v) is 4.08. The van der Waals surface area contributed by atoms with Crippen LogP contribution in [0.2, 0.25) is 0 Å². The predicted molar refractivity (Wildman–Crippen MR) is 99.9 cm³/mol. The Morgan fingerprint density at radius 3 is 2.41 bits per heavy atom. The van der Waals surface area contributed by atoms with E-state index in [9.17, 15) is 17.6 Å². The Morgan fingerprint density at radius 1 is 0.889 bits per heavy atom. The molecular formula is C23H26F4. The zero-order valence-corrected chi connectivity index (χ0v) is 15.8. The minimum Gasteiger partial charge on any atom is -0.207 e. The van der Waals surface area contributed by atoms with Crippen LogP contribution in [-0.4, -0.2) is 0 Å². The fourth-order valence-electron chi connectivity index (χ4n) is 4.08. The molecule has 0 nitrogen and oxygen atoms in total. The number of hydrogen-bond donors (Lipinski definition) is 0. The molecule has 1 unspecified atom stereocenters. The molecule has 0 saturated heterocycles. The molecule has 0 fully saturated rings. The molecule has 0 bridgehead atoms. The monoisotopic (exact) mass is 378 g/mol. The molecule has 1 atom stereocenters. The minimum atomic E-state index is -1.42. The Hall–Kier alpha value is -1.84. The lowest BCUT2D eigenvalue weighted by Gasteiger charge is -2.26. The summed E-state index contributed by atoms with van der Waals surface area (Å²) in [5, 5.41) is 0. The summed E-state index contributed by atoms with van der Waals surface area (Å²) in [5.41, 5.74) is 2.25. The average Bonchev–Trinajstić information content (AvgIpc) is 2.66. The van der Waals surface area contributed by atoms with E-state index < -0.39 is 17.5 Å². The van der Waals surface area contributed by atoms with Crippen LogP contribution >= 0.6 is 0 Å². The van der Waals surface area contributed by atoms with Gasteiger partial charge in [0.15, 0.2) is 17.5 Å². The third-order valence-electron chi connectivity index (χ3n) is 5.64. The molecule has 4 heteroatoms. The summed E-state index contributed by atoms with van der Waals surface area (Å²) < 4.78 is 55.5.